The minimum absolute atomic E-state index is 0.144. The summed E-state index contributed by atoms with van der Waals surface area (Å²) in [6, 6.07) is 6.39. The third kappa shape index (κ3) is 2.34. The van der Waals surface area contributed by atoms with E-state index < -0.39 is 0 Å². The van der Waals surface area contributed by atoms with Crippen molar-refractivity contribution in [2.75, 3.05) is 0 Å². The molecule has 1 aliphatic heterocycles. The first-order valence-corrected chi connectivity index (χ1v) is 6.64. The van der Waals surface area contributed by atoms with Crippen LogP contribution in [-0.2, 0) is 15.6 Å². The smallest absolute Gasteiger partial charge is 0.403 e. The molecule has 1 aromatic carbocycles. The maximum absolute atomic E-state index is 6.06. The molecular weight excluding hydrogens is 223 g/mol. The van der Waals surface area contributed by atoms with E-state index >= 15 is 0 Å². The van der Waals surface area contributed by atoms with Gasteiger partial charge in [-0.15, -0.1) is 0 Å². The van der Waals surface area contributed by atoms with Crippen LogP contribution in [0.5, 0.6) is 0 Å². The first kappa shape index (κ1) is 13.6. The van der Waals surface area contributed by atoms with Gasteiger partial charge in [-0.25, -0.2) is 0 Å². The summed E-state index contributed by atoms with van der Waals surface area (Å²) in [5.41, 5.74) is 3.48. The van der Waals surface area contributed by atoms with Crippen LogP contribution in [0, 0.1) is 13.8 Å². The average molecular weight is 246 g/mol. The molecule has 0 aromatic heterocycles. The summed E-state index contributed by atoms with van der Waals surface area (Å²) in [6.07, 6.45) is 0.825. The van der Waals surface area contributed by atoms with Gasteiger partial charge in [-0.05, 0) is 58.2 Å². The standard InChI is InChI=1S/C15H23BO2/c1-11-8-7-9-12(2)13(11)10-16-17-14(3,4)15(5,6)18-16/h7-9H,10H2,1-6H3. The van der Waals surface area contributed by atoms with Crippen molar-refractivity contribution in [2.24, 2.45) is 0 Å². The zero-order chi connectivity index (χ0) is 13.6. The van der Waals surface area contributed by atoms with Crippen molar-refractivity contribution in [1.82, 2.24) is 0 Å². The molecule has 2 rings (SSSR count). The van der Waals surface area contributed by atoms with E-state index in [0.29, 0.717) is 0 Å². The molecule has 0 N–H and O–H groups in total. The fourth-order valence-corrected chi connectivity index (χ4v) is 2.39. The van der Waals surface area contributed by atoms with E-state index in [-0.39, 0.29) is 18.3 Å². The SMILES string of the molecule is Cc1cccc(C)c1CB1OC(C)(C)C(C)(C)O1. The van der Waals surface area contributed by atoms with Crippen molar-refractivity contribution in [3.8, 4) is 0 Å². The fraction of sp³-hybridized carbons (Fsp3) is 0.600. The quantitative estimate of drug-likeness (QED) is 0.744. The maximum Gasteiger partial charge on any atom is 0.462 e. The summed E-state index contributed by atoms with van der Waals surface area (Å²) in [5.74, 6) is 0. The molecule has 2 nitrogen and oxygen atoms in total. The second kappa shape index (κ2) is 4.39. The van der Waals surface area contributed by atoms with E-state index in [1.165, 1.54) is 16.7 Å². The lowest BCUT2D eigenvalue weighted by Gasteiger charge is -2.32. The first-order chi connectivity index (χ1) is 8.23. The number of aryl methyl sites for hydroxylation is 2. The second-order valence-corrected chi connectivity index (χ2v) is 6.26. The highest BCUT2D eigenvalue weighted by atomic mass is 16.7. The summed E-state index contributed by atoms with van der Waals surface area (Å²) in [7, 11) is -0.144. The predicted molar refractivity (Wildman–Crippen MR) is 75.7 cm³/mol. The van der Waals surface area contributed by atoms with Gasteiger partial charge in [0, 0.05) is 6.32 Å². The molecule has 0 saturated carbocycles. The normalized spacial score (nSPS) is 21.3. The van der Waals surface area contributed by atoms with Crippen molar-refractivity contribution >= 4 is 7.12 Å². The highest BCUT2D eigenvalue weighted by Crippen LogP contribution is 2.37. The Kier molecular flexibility index (Phi) is 3.33. The van der Waals surface area contributed by atoms with Crippen molar-refractivity contribution < 1.29 is 9.31 Å². The van der Waals surface area contributed by atoms with Crippen LogP contribution in [0.2, 0.25) is 0 Å². The number of hydrogen-bond acceptors (Lipinski definition) is 2. The third-order valence-corrected chi connectivity index (χ3v) is 4.32. The Hall–Kier alpha value is -0.795. The van der Waals surface area contributed by atoms with E-state index in [0.717, 1.165) is 6.32 Å². The van der Waals surface area contributed by atoms with Crippen LogP contribution in [0.4, 0.5) is 0 Å². The predicted octanol–water partition coefficient (Wildman–Crippen LogP) is 3.48. The second-order valence-electron chi connectivity index (χ2n) is 6.26. The van der Waals surface area contributed by atoms with Gasteiger partial charge in [0.2, 0.25) is 0 Å². The summed E-state index contributed by atoms with van der Waals surface area (Å²) in [6.45, 7) is 12.7. The fourth-order valence-electron chi connectivity index (χ4n) is 2.39. The van der Waals surface area contributed by atoms with Gasteiger partial charge in [-0.1, -0.05) is 18.2 Å². The topological polar surface area (TPSA) is 18.5 Å². The lowest BCUT2D eigenvalue weighted by atomic mass is 9.78. The molecule has 0 spiro atoms. The van der Waals surface area contributed by atoms with Crippen LogP contribution < -0.4 is 0 Å². The molecule has 0 atom stereocenters. The van der Waals surface area contributed by atoms with E-state index in [9.17, 15) is 0 Å². The largest absolute Gasteiger partial charge is 0.462 e. The third-order valence-electron chi connectivity index (χ3n) is 4.32. The molecule has 0 bridgehead atoms. The number of rotatable bonds is 2. The maximum atomic E-state index is 6.06. The summed E-state index contributed by atoms with van der Waals surface area (Å²) in [5, 5.41) is 0. The van der Waals surface area contributed by atoms with E-state index in [1.54, 1.807) is 0 Å². The number of benzene rings is 1. The van der Waals surface area contributed by atoms with Gasteiger partial charge >= 0.3 is 7.12 Å². The average Bonchev–Trinajstić information content (AvgIpc) is 2.42. The van der Waals surface area contributed by atoms with E-state index in [1.807, 2.05) is 0 Å². The van der Waals surface area contributed by atoms with Crippen molar-refractivity contribution in [1.29, 1.82) is 0 Å². The van der Waals surface area contributed by atoms with Crippen molar-refractivity contribution in [3.63, 3.8) is 0 Å². The van der Waals surface area contributed by atoms with Gasteiger partial charge in [0.25, 0.3) is 0 Å². The highest BCUT2D eigenvalue weighted by Gasteiger charge is 2.50. The molecule has 0 radical (unpaired) electrons. The molecular formula is C15H23BO2. The molecule has 1 heterocycles. The summed E-state index contributed by atoms with van der Waals surface area (Å²) < 4.78 is 12.1. The van der Waals surface area contributed by atoms with Crippen molar-refractivity contribution in [2.45, 2.75) is 59.1 Å². The Balaban J connectivity index is 2.18. The Morgan fingerprint density at radius 1 is 0.944 bits per heavy atom. The van der Waals surface area contributed by atoms with E-state index in [2.05, 4.69) is 59.7 Å². The van der Waals surface area contributed by atoms with Crippen LogP contribution >= 0.6 is 0 Å². The Bertz CT molecular complexity index is 416. The van der Waals surface area contributed by atoms with Gasteiger partial charge in [0.05, 0.1) is 11.2 Å². The van der Waals surface area contributed by atoms with Crippen LogP contribution in [0.1, 0.15) is 44.4 Å². The van der Waals surface area contributed by atoms with Crippen LogP contribution in [0.3, 0.4) is 0 Å². The Morgan fingerprint density at radius 3 is 1.83 bits per heavy atom. The molecule has 98 valence electrons. The Labute approximate surface area is 111 Å². The highest BCUT2D eigenvalue weighted by molar-refractivity contribution is 6.45. The van der Waals surface area contributed by atoms with Gasteiger partial charge < -0.3 is 9.31 Å². The van der Waals surface area contributed by atoms with Gasteiger partial charge in [-0.2, -0.15) is 0 Å². The van der Waals surface area contributed by atoms with E-state index in [4.69, 9.17) is 9.31 Å². The molecule has 3 heteroatoms. The van der Waals surface area contributed by atoms with Gasteiger partial charge in [-0.3, -0.25) is 0 Å². The molecule has 1 fully saturated rings. The lowest BCUT2D eigenvalue weighted by Crippen LogP contribution is -2.41. The first-order valence-electron chi connectivity index (χ1n) is 6.64. The molecule has 0 aliphatic carbocycles. The summed E-state index contributed by atoms with van der Waals surface area (Å²) in [4.78, 5) is 0. The van der Waals surface area contributed by atoms with Crippen molar-refractivity contribution in [3.05, 3.63) is 34.9 Å². The van der Waals surface area contributed by atoms with Gasteiger partial charge in [0.1, 0.15) is 0 Å². The minimum atomic E-state index is -0.242. The van der Waals surface area contributed by atoms with Crippen LogP contribution in [-0.4, -0.2) is 18.3 Å². The lowest BCUT2D eigenvalue weighted by molar-refractivity contribution is 0.00578. The molecule has 1 aliphatic rings. The number of hydrogen-bond donors (Lipinski definition) is 0. The monoisotopic (exact) mass is 246 g/mol. The molecule has 1 saturated heterocycles. The van der Waals surface area contributed by atoms with Crippen LogP contribution in [0.15, 0.2) is 18.2 Å². The molecule has 1 aromatic rings. The van der Waals surface area contributed by atoms with Gasteiger partial charge in [0.15, 0.2) is 0 Å². The molecule has 18 heavy (non-hydrogen) atoms. The molecule has 0 unspecified atom stereocenters. The Morgan fingerprint density at radius 2 is 1.39 bits per heavy atom. The zero-order valence-electron chi connectivity index (χ0n) is 12.3. The minimum Gasteiger partial charge on any atom is -0.403 e. The zero-order valence-corrected chi connectivity index (χ0v) is 12.3. The van der Waals surface area contributed by atoms with Crippen LogP contribution in [0.25, 0.3) is 0 Å². The molecule has 0 amide bonds. The summed E-state index contributed by atoms with van der Waals surface area (Å²) >= 11 is 0.